The molecule has 4 aromatic rings. The Labute approximate surface area is 213 Å². The van der Waals surface area contributed by atoms with Crippen molar-refractivity contribution in [3.05, 3.63) is 84.4 Å². The van der Waals surface area contributed by atoms with Gasteiger partial charge in [0, 0.05) is 67.6 Å². The Bertz CT molecular complexity index is 1360. The fraction of sp³-hybridized carbons (Fsp3) is 0.296. The number of para-hydroxylation sites is 1. The standard InChI is InChI=1S/C25H21F2N7O.C2H6/c26-19-5-6-20(22(27)9-19)16-10-28-25(29-11-16)33-14-17-12-32(13-18(17)15-33)24(35)21-3-1-2-4-23(21)34-30-7-8-31-34;1-2/h1-11,17-18H,12-15H2;1-2H3. The van der Waals surface area contributed by atoms with Gasteiger partial charge >= 0.3 is 0 Å². The van der Waals surface area contributed by atoms with Crippen molar-refractivity contribution in [3.63, 3.8) is 0 Å². The zero-order chi connectivity index (χ0) is 25.9. The predicted molar refractivity (Wildman–Crippen MR) is 135 cm³/mol. The molecule has 2 aromatic heterocycles. The Morgan fingerprint density at radius 1 is 0.892 bits per heavy atom. The minimum atomic E-state index is -0.647. The number of rotatable bonds is 4. The molecule has 1 amide bonds. The first kappa shape index (κ1) is 24.5. The van der Waals surface area contributed by atoms with Gasteiger partial charge in [0.05, 0.1) is 23.6 Å². The lowest BCUT2D eigenvalue weighted by molar-refractivity contribution is 0.0782. The highest BCUT2D eigenvalue weighted by Gasteiger charge is 2.42. The summed E-state index contributed by atoms with van der Waals surface area (Å²) < 4.78 is 27.3. The number of carbonyl (C=O) groups excluding carboxylic acids is 1. The Balaban J connectivity index is 0.00000137. The Hall–Kier alpha value is -4.21. The fourth-order valence-electron chi connectivity index (χ4n) is 5.01. The van der Waals surface area contributed by atoms with Crippen LogP contribution in [-0.2, 0) is 0 Å². The molecular weight excluding hydrogens is 476 g/mol. The van der Waals surface area contributed by atoms with E-state index in [9.17, 15) is 13.6 Å². The molecule has 2 saturated heterocycles. The van der Waals surface area contributed by atoms with Crippen molar-refractivity contribution < 1.29 is 13.6 Å². The van der Waals surface area contributed by atoms with Gasteiger partial charge < -0.3 is 9.80 Å². The Kier molecular flexibility index (Phi) is 6.89. The first-order valence-electron chi connectivity index (χ1n) is 12.3. The van der Waals surface area contributed by atoms with Crippen molar-refractivity contribution in [2.24, 2.45) is 11.8 Å². The van der Waals surface area contributed by atoms with E-state index in [1.165, 1.54) is 16.9 Å². The first-order valence-corrected chi connectivity index (χ1v) is 12.3. The van der Waals surface area contributed by atoms with Crippen LogP contribution in [0.3, 0.4) is 0 Å². The lowest BCUT2D eigenvalue weighted by Gasteiger charge is -2.22. The molecule has 10 heteroatoms. The van der Waals surface area contributed by atoms with Crippen molar-refractivity contribution in [1.82, 2.24) is 29.9 Å². The smallest absolute Gasteiger partial charge is 0.256 e. The van der Waals surface area contributed by atoms with Gasteiger partial charge in [-0.2, -0.15) is 15.0 Å². The highest BCUT2D eigenvalue weighted by molar-refractivity contribution is 5.98. The van der Waals surface area contributed by atoms with E-state index in [1.807, 2.05) is 36.9 Å². The predicted octanol–water partition coefficient (Wildman–Crippen LogP) is 4.24. The second kappa shape index (κ2) is 10.4. The third-order valence-corrected chi connectivity index (χ3v) is 6.71. The summed E-state index contributed by atoms with van der Waals surface area (Å²) in [5.74, 6) is -0.105. The van der Waals surface area contributed by atoms with E-state index in [1.54, 1.807) is 30.9 Å². The topological polar surface area (TPSA) is 80.0 Å². The van der Waals surface area contributed by atoms with E-state index in [0.717, 1.165) is 19.2 Å². The number of hydrogen-bond donors (Lipinski definition) is 0. The van der Waals surface area contributed by atoms with Gasteiger partial charge in [0.1, 0.15) is 11.6 Å². The molecule has 2 aliphatic heterocycles. The number of carbonyl (C=O) groups is 1. The molecule has 0 radical (unpaired) electrons. The average molecular weight is 504 g/mol. The van der Waals surface area contributed by atoms with E-state index >= 15 is 0 Å². The number of benzene rings is 2. The van der Waals surface area contributed by atoms with Crippen molar-refractivity contribution in [3.8, 4) is 16.8 Å². The molecule has 0 bridgehead atoms. The van der Waals surface area contributed by atoms with Crippen LogP contribution < -0.4 is 4.90 Å². The normalized spacial score (nSPS) is 18.4. The van der Waals surface area contributed by atoms with E-state index in [2.05, 4.69) is 25.1 Å². The second-order valence-corrected chi connectivity index (χ2v) is 8.87. The Morgan fingerprint density at radius 3 is 2.19 bits per heavy atom. The van der Waals surface area contributed by atoms with Crippen LogP contribution in [-0.4, -0.2) is 61.9 Å². The molecule has 0 N–H and O–H groups in total. The molecule has 8 nitrogen and oxygen atoms in total. The van der Waals surface area contributed by atoms with Crippen LogP contribution in [0.25, 0.3) is 16.8 Å². The van der Waals surface area contributed by atoms with Gasteiger partial charge in [0.25, 0.3) is 5.91 Å². The van der Waals surface area contributed by atoms with Gasteiger partial charge in [-0.3, -0.25) is 4.79 Å². The molecule has 2 unspecified atom stereocenters. The van der Waals surface area contributed by atoms with Gasteiger partial charge in [-0.1, -0.05) is 26.0 Å². The fourth-order valence-corrected chi connectivity index (χ4v) is 5.01. The van der Waals surface area contributed by atoms with Crippen molar-refractivity contribution in [1.29, 1.82) is 0 Å². The number of anilines is 1. The van der Waals surface area contributed by atoms with Crippen LogP contribution in [0.15, 0.2) is 67.3 Å². The Morgan fingerprint density at radius 2 is 1.54 bits per heavy atom. The lowest BCUT2D eigenvalue weighted by atomic mass is 10.0. The average Bonchev–Trinajstić information content (AvgIpc) is 3.67. The number of likely N-dealkylation sites (tertiary alicyclic amines) is 1. The summed E-state index contributed by atoms with van der Waals surface area (Å²) in [4.78, 5) is 27.6. The number of fused-ring (bicyclic) bond motifs is 1. The SMILES string of the molecule is CC.O=C(c1ccccc1-n1nccn1)N1CC2CN(c3ncc(-c4ccc(F)cc4F)cn3)CC2C1. The van der Waals surface area contributed by atoms with Crippen molar-refractivity contribution >= 4 is 11.9 Å². The van der Waals surface area contributed by atoms with Gasteiger partial charge in [-0.25, -0.2) is 18.7 Å². The number of nitrogens with zero attached hydrogens (tertiary/aromatic N) is 7. The number of aromatic nitrogens is 5. The molecule has 2 aliphatic rings. The largest absolute Gasteiger partial charge is 0.340 e. The molecule has 4 heterocycles. The minimum absolute atomic E-state index is 0.0271. The quantitative estimate of drug-likeness (QED) is 0.415. The van der Waals surface area contributed by atoms with Gasteiger partial charge in [0.15, 0.2) is 0 Å². The molecular formula is C27H27F2N7O. The van der Waals surface area contributed by atoms with Crippen LogP contribution in [0.2, 0.25) is 0 Å². The van der Waals surface area contributed by atoms with Crippen molar-refractivity contribution in [2.45, 2.75) is 13.8 Å². The summed E-state index contributed by atoms with van der Waals surface area (Å²) in [6.45, 7) is 6.78. The number of halogens is 2. The van der Waals surface area contributed by atoms with Gasteiger partial charge in [-0.05, 0) is 24.3 Å². The van der Waals surface area contributed by atoms with E-state index in [-0.39, 0.29) is 11.5 Å². The lowest BCUT2D eigenvalue weighted by Crippen LogP contribution is -2.34. The highest BCUT2D eigenvalue weighted by Crippen LogP contribution is 2.34. The zero-order valence-electron chi connectivity index (χ0n) is 20.6. The second-order valence-electron chi connectivity index (χ2n) is 8.87. The summed E-state index contributed by atoms with van der Waals surface area (Å²) >= 11 is 0. The van der Waals surface area contributed by atoms with Crippen LogP contribution in [0.5, 0.6) is 0 Å². The van der Waals surface area contributed by atoms with Gasteiger partial charge in [0.2, 0.25) is 5.95 Å². The summed E-state index contributed by atoms with van der Waals surface area (Å²) in [6.07, 6.45) is 6.29. The van der Waals surface area contributed by atoms with Crippen LogP contribution in [0, 0.1) is 23.5 Å². The van der Waals surface area contributed by atoms with Gasteiger partial charge in [-0.15, -0.1) is 0 Å². The maximum Gasteiger partial charge on any atom is 0.256 e. The monoisotopic (exact) mass is 503 g/mol. The third-order valence-electron chi connectivity index (χ3n) is 6.71. The molecule has 0 saturated carbocycles. The van der Waals surface area contributed by atoms with E-state index < -0.39 is 11.6 Å². The van der Waals surface area contributed by atoms with Crippen molar-refractivity contribution in [2.75, 3.05) is 31.1 Å². The third kappa shape index (κ3) is 4.78. The number of amides is 1. The van der Waals surface area contributed by atoms with Crippen LogP contribution in [0.1, 0.15) is 24.2 Å². The summed E-state index contributed by atoms with van der Waals surface area (Å²) in [6, 6.07) is 10.8. The highest BCUT2D eigenvalue weighted by atomic mass is 19.1. The van der Waals surface area contributed by atoms with E-state index in [4.69, 9.17) is 0 Å². The van der Waals surface area contributed by atoms with Crippen LogP contribution in [0.4, 0.5) is 14.7 Å². The maximum absolute atomic E-state index is 14.1. The summed E-state index contributed by atoms with van der Waals surface area (Å²) in [5, 5.41) is 8.34. The van der Waals surface area contributed by atoms with Crippen LogP contribution >= 0.6 is 0 Å². The zero-order valence-corrected chi connectivity index (χ0v) is 20.6. The molecule has 2 atom stereocenters. The maximum atomic E-state index is 14.1. The molecule has 6 rings (SSSR count). The molecule has 37 heavy (non-hydrogen) atoms. The van der Waals surface area contributed by atoms with E-state index in [0.29, 0.717) is 47.7 Å². The summed E-state index contributed by atoms with van der Waals surface area (Å²) in [7, 11) is 0. The molecule has 2 fully saturated rings. The first-order chi connectivity index (χ1) is 18.1. The molecule has 2 aromatic carbocycles. The number of hydrogen-bond acceptors (Lipinski definition) is 6. The molecule has 0 aliphatic carbocycles. The molecule has 190 valence electrons. The molecule has 0 spiro atoms. The minimum Gasteiger partial charge on any atom is -0.340 e. The summed E-state index contributed by atoms with van der Waals surface area (Å²) in [5.41, 5.74) is 1.99.